The van der Waals surface area contributed by atoms with E-state index in [4.69, 9.17) is 4.74 Å². The molecule has 2 amide bonds. The highest BCUT2D eigenvalue weighted by Gasteiger charge is 2.52. The van der Waals surface area contributed by atoms with E-state index in [-0.39, 0.29) is 18.9 Å². The second kappa shape index (κ2) is 8.44. The summed E-state index contributed by atoms with van der Waals surface area (Å²) < 4.78 is 31.8. The van der Waals surface area contributed by atoms with Gasteiger partial charge in [-0.2, -0.15) is 0 Å². The van der Waals surface area contributed by atoms with Crippen LogP contribution in [0.1, 0.15) is 20.3 Å². The number of carbonyl (C=O) groups excluding carboxylic acids is 2. The van der Waals surface area contributed by atoms with Gasteiger partial charge in [0.25, 0.3) is 0 Å². The minimum Gasteiger partial charge on any atom is -0.382 e. The van der Waals surface area contributed by atoms with Crippen LogP contribution >= 0.6 is 0 Å². The van der Waals surface area contributed by atoms with E-state index in [1.807, 2.05) is 4.90 Å². The quantitative estimate of drug-likeness (QED) is 0.610. The molecule has 0 bridgehead atoms. The first-order valence-electron chi connectivity index (χ1n) is 9.89. The lowest BCUT2D eigenvalue weighted by atomic mass is 9.87. The van der Waals surface area contributed by atoms with Crippen LogP contribution in [0.3, 0.4) is 0 Å². The van der Waals surface area contributed by atoms with Gasteiger partial charge in [-0.3, -0.25) is 14.9 Å². The van der Waals surface area contributed by atoms with Crippen LogP contribution in [0.25, 0.3) is 0 Å². The molecule has 2 saturated heterocycles. The van der Waals surface area contributed by atoms with Crippen molar-refractivity contribution in [2.45, 2.75) is 31.7 Å². The Morgan fingerprint density at radius 3 is 2.47 bits per heavy atom. The maximum atomic E-state index is 13.5. The number of nitrogens with one attached hydrogen (secondary N) is 2. The topological polar surface area (TPSA) is 94.1 Å². The number of methoxy groups -OCH3 is 1. The minimum atomic E-state index is -1.57. The molecule has 8 nitrogen and oxygen atoms in total. The molecule has 2 fully saturated rings. The monoisotopic (exact) mass is 426 g/mol. The van der Waals surface area contributed by atoms with E-state index in [2.05, 4.69) is 10.6 Å². The van der Waals surface area contributed by atoms with Crippen molar-refractivity contribution >= 4 is 17.5 Å². The summed E-state index contributed by atoms with van der Waals surface area (Å²) in [5.74, 6) is -4.40. The molecule has 3 N–H and O–H groups in total. The molecule has 2 heterocycles. The predicted octanol–water partition coefficient (Wildman–Crippen LogP) is 0.410. The third-order valence-electron chi connectivity index (χ3n) is 5.60. The summed E-state index contributed by atoms with van der Waals surface area (Å²) in [6, 6.07) is 3.76. The van der Waals surface area contributed by atoms with Crippen LogP contribution in [-0.2, 0) is 14.3 Å². The van der Waals surface area contributed by atoms with Gasteiger partial charge in [0.05, 0.1) is 6.61 Å². The Kier molecular flexibility index (Phi) is 6.30. The van der Waals surface area contributed by atoms with Crippen molar-refractivity contribution < 1.29 is 28.2 Å². The first-order chi connectivity index (χ1) is 14.1. The van der Waals surface area contributed by atoms with Crippen molar-refractivity contribution in [2.75, 3.05) is 44.8 Å². The summed E-state index contributed by atoms with van der Waals surface area (Å²) in [6.45, 7) is 5.00. The largest absolute Gasteiger partial charge is 0.382 e. The second-order valence-corrected chi connectivity index (χ2v) is 8.18. The zero-order valence-electron chi connectivity index (χ0n) is 17.4. The number of hydrogen-bond donors (Lipinski definition) is 3. The molecule has 3 unspecified atom stereocenters. The number of nitrogens with zero attached hydrogens (tertiary/aromatic N) is 2. The lowest BCUT2D eigenvalue weighted by Gasteiger charge is -2.38. The third-order valence-corrected chi connectivity index (χ3v) is 5.60. The summed E-state index contributed by atoms with van der Waals surface area (Å²) in [4.78, 5) is 29.1. The maximum Gasteiger partial charge on any atom is 0.246 e. The molecule has 0 aliphatic carbocycles. The fourth-order valence-corrected chi connectivity index (χ4v) is 4.23. The number of amides is 2. The normalized spacial score (nSPS) is 27.9. The first kappa shape index (κ1) is 22.4. The van der Waals surface area contributed by atoms with Crippen molar-refractivity contribution in [3.05, 3.63) is 29.8 Å². The molecule has 0 saturated carbocycles. The Morgan fingerprint density at radius 1 is 1.27 bits per heavy atom. The maximum absolute atomic E-state index is 13.5. The Morgan fingerprint density at radius 2 is 1.93 bits per heavy atom. The van der Waals surface area contributed by atoms with Crippen LogP contribution in [-0.4, -0.2) is 73.1 Å². The first-order valence-corrected chi connectivity index (χ1v) is 9.89. The molecule has 166 valence electrons. The second-order valence-electron chi connectivity index (χ2n) is 8.18. The predicted molar refractivity (Wildman–Crippen MR) is 105 cm³/mol. The van der Waals surface area contributed by atoms with E-state index in [0.717, 1.165) is 12.1 Å². The summed E-state index contributed by atoms with van der Waals surface area (Å²) >= 11 is 0. The highest BCUT2D eigenvalue weighted by molar-refractivity contribution is 5.90. The number of hydrogen-bond acceptors (Lipinski definition) is 6. The van der Waals surface area contributed by atoms with Crippen LogP contribution < -0.4 is 15.5 Å². The Bertz CT molecular complexity index is 814. The van der Waals surface area contributed by atoms with Gasteiger partial charge in [0.15, 0.2) is 17.5 Å². The molecule has 10 heteroatoms. The van der Waals surface area contributed by atoms with E-state index in [9.17, 15) is 23.5 Å². The number of halogens is 2. The average Bonchev–Trinajstić information content (AvgIpc) is 2.91. The molecule has 30 heavy (non-hydrogen) atoms. The highest BCUT2D eigenvalue weighted by Crippen LogP contribution is 2.27. The van der Waals surface area contributed by atoms with Crippen LogP contribution in [0.5, 0.6) is 0 Å². The van der Waals surface area contributed by atoms with Crippen molar-refractivity contribution in [3.8, 4) is 0 Å². The van der Waals surface area contributed by atoms with Crippen molar-refractivity contribution in [2.24, 2.45) is 5.92 Å². The number of rotatable bonds is 6. The van der Waals surface area contributed by atoms with Crippen molar-refractivity contribution in [3.63, 3.8) is 0 Å². The minimum absolute atomic E-state index is 0.0104. The average molecular weight is 426 g/mol. The van der Waals surface area contributed by atoms with E-state index >= 15 is 0 Å². The van der Waals surface area contributed by atoms with Gasteiger partial charge in [-0.05, 0) is 25.5 Å². The molecule has 3 rings (SSSR count). The molecule has 3 atom stereocenters. The summed E-state index contributed by atoms with van der Waals surface area (Å²) in [7, 11) is 1.45. The Hall–Kier alpha value is -2.30. The number of benzene rings is 1. The van der Waals surface area contributed by atoms with E-state index in [1.54, 1.807) is 11.8 Å². The fourth-order valence-electron chi connectivity index (χ4n) is 4.23. The number of anilines is 1. The highest BCUT2D eigenvalue weighted by atomic mass is 19.2. The van der Waals surface area contributed by atoms with E-state index in [1.165, 1.54) is 20.1 Å². The van der Waals surface area contributed by atoms with Crippen LogP contribution in [0.15, 0.2) is 18.2 Å². The number of ether oxygens (including phenoxy) is 1. The molecule has 2 aliphatic heterocycles. The fraction of sp³-hybridized carbons (Fsp3) is 0.600. The smallest absolute Gasteiger partial charge is 0.246 e. The molecule has 1 aromatic rings. The molecule has 1 aromatic carbocycles. The SMILES string of the molecule is COCC1(CC(C)C(=O)N2CCN(c3ccc(F)c(F)c3)CC2)NC(C)(O)NC1=O. The molecule has 0 aromatic heterocycles. The Balaban J connectivity index is 1.61. The van der Waals surface area contributed by atoms with Crippen LogP contribution in [0.4, 0.5) is 14.5 Å². The van der Waals surface area contributed by atoms with E-state index in [0.29, 0.717) is 31.9 Å². The van der Waals surface area contributed by atoms with Gasteiger partial charge in [-0.15, -0.1) is 0 Å². The van der Waals surface area contributed by atoms with Crippen molar-refractivity contribution in [1.29, 1.82) is 0 Å². The number of aliphatic hydroxyl groups is 1. The van der Waals surface area contributed by atoms with Gasteiger partial charge >= 0.3 is 0 Å². The summed E-state index contributed by atoms with van der Waals surface area (Å²) in [6.07, 6.45) is 0.158. The lowest BCUT2D eigenvalue weighted by molar-refractivity contribution is -0.137. The zero-order chi connectivity index (χ0) is 22.1. The number of carbonyl (C=O) groups is 2. The number of piperazine rings is 1. The van der Waals surface area contributed by atoms with Gasteiger partial charge in [-0.25, -0.2) is 8.78 Å². The van der Waals surface area contributed by atoms with Gasteiger partial charge in [-0.1, -0.05) is 6.92 Å². The Labute approximate surface area is 174 Å². The van der Waals surface area contributed by atoms with Crippen LogP contribution in [0, 0.1) is 17.6 Å². The zero-order valence-corrected chi connectivity index (χ0v) is 17.4. The summed E-state index contributed by atoms with van der Waals surface area (Å²) in [5.41, 5.74) is -0.636. The molecular weight excluding hydrogens is 398 g/mol. The third kappa shape index (κ3) is 4.55. The van der Waals surface area contributed by atoms with Gasteiger partial charge < -0.3 is 25.0 Å². The molecule has 0 spiro atoms. The van der Waals surface area contributed by atoms with Gasteiger partial charge in [0.1, 0.15) is 5.54 Å². The molecular formula is C20H28F2N4O4. The van der Waals surface area contributed by atoms with Gasteiger partial charge in [0.2, 0.25) is 11.8 Å². The standard InChI is InChI=1S/C20H28F2N4O4/c1-13(11-20(12-30-3)18(28)23-19(2,29)24-20)17(27)26-8-6-25(7-9-26)14-4-5-15(21)16(22)10-14/h4-5,10,13,24,29H,6-9,11-12H2,1-3H3,(H,23,28). The van der Waals surface area contributed by atoms with Crippen LogP contribution in [0.2, 0.25) is 0 Å². The van der Waals surface area contributed by atoms with Crippen molar-refractivity contribution in [1.82, 2.24) is 15.5 Å². The molecule has 0 radical (unpaired) electrons. The van der Waals surface area contributed by atoms with Gasteiger partial charge in [0, 0.05) is 51.0 Å². The van der Waals surface area contributed by atoms with E-state index < -0.39 is 34.8 Å². The molecule has 2 aliphatic rings. The lowest BCUT2D eigenvalue weighted by Crippen LogP contribution is -2.57. The summed E-state index contributed by atoms with van der Waals surface area (Å²) in [5, 5.41) is 15.5.